The number of rotatable bonds is 3. The van der Waals surface area contributed by atoms with E-state index in [0.717, 1.165) is 35.0 Å². The summed E-state index contributed by atoms with van der Waals surface area (Å²) in [6.45, 7) is 0. The molecule has 2 nitrogen and oxygen atoms in total. The van der Waals surface area contributed by atoms with E-state index < -0.39 is 11.7 Å². The lowest BCUT2D eigenvalue weighted by atomic mass is 9.92. The number of aliphatic hydroxyl groups is 2. The van der Waals surface area contributed by atoms with E-state index in [1.165, 1.54) is 0 Å². The van der Waals surface area contributed by atoms with E-state index in [9.17, 15) is 10.2 Å². The van der Waals surface area contributed by atoms with Gasteiger partial charge >= 0.3 is 0 Å². The summed E-state index contributed by atoms with van der Waals surface area (Å²) in [5.74, 6) is 0. The predicted octanol–water partition coefficient (Wildman–Crippen LogP) is 2.72. The molecule has 0 radical (unpaired) electrons. The Morgan fingerprint density at radius 1 is 1.47 bits per heavy atom. The highest BCUT2D eigenvalue weighted by Crippen LogP contribution is 2.35. The lowest BCUT2D eigenvalue weighted by molar-refractivity contribution is -0.0686. The molecule has 0 amide bonds. The Morgan fingerprint density at radius 2 is 2.13 bits per heavy atom. The van der Waals surface area contributed by atoms with Crippen LogP contribution in [-0.4, -0.2) is 21.9 Å². The monoisotopic (exact) mass is 290 g/mol. The van der Waals surface area contributed by atoms with Gasteiger partial charge in [0.2, 0.25) is 0 Å². The maximum atomic E-state index is 10.2. The van der Waals surface area contributed by atoms with Crippen LogP contribution in [0.25, 0.3) is 0 Å². The quantitative estimate of drug-likeness (QED) is 0.899. The third-order valence-corrected chi connectivity index (χ3v) is 5.11. The Balaban J connectivity index is 2.03. The van der Waals surface area contributed by atoms with Crippen LogP contribution in [0.4, 0.5) is 0 Å². The molecule has 1 aromatic rings. The van der Waals surface area contributed by atoms with Crippen molar-refractivity contribution >= 4 is 27.3 Å². The van der Waals surface area contributed by atoms with Gasteiger partial charge in [0.1, 0.15) is 0 Å². The fraction of sp³-hybridized carbons (Fsp3) is 0.636. The van der Waals surface area contributed by atoms with Crippen LogP contribution in [0, 0.1) is 0 Å². The highest BCUT2D eigenvalue weighted by molar-refractivity contribution is 9.10. The summed E-state index contributed by atoms with van der Waals surface area (Å²) in [5.41, 5.74) is -0.844. The minimum Gasteiger partial charge on any atom is -0.390 e. The summed E-state index contributed by atoms with van der Waals surface area (Å²) in [4.78, 5) is 1.11. The van der Waals surface area contributed by atoms with Crippen molar-refractivity contribution in [2.75, 3.05) is 0 Å². The van der Waals surface area contributed by atoms with Crippen molar-refractivity contribution in [3.05, 3.63) is 20.8 Å². The van der Waals surface area contributed by atoms with Gasteiger partial charge < -0.3 is 10.2 Å². The SMILES string of the molecule is OC(Cc1sccc1Br)C1(O)CCCC1. The largest absolute Gasteiger partial charge is 0.390 e. The predicted molar refractivity (Wildman–Crippen MR) is 65.1 cm³/mol. The van der Waals surface area contributed by atoms with Crippen molar-refractivity contribution in [3.63, 3.8) is 0 Å². The molecule has 84 valence electrons. The van der Waals surface area contributed by atoms with Gasteiger partial charge in [0, 0.05) is 15.8 Å². The molecule has 4 heteroatoms. The Labute approximate surface area is 102 Å². The van der Waals surface area contributed by atoms with Crippen LogP contribution in [0.1, 0.15) is 30.6 Å². The van der Waals surface area contributed by atoms with E-state index in [-0.39, 0.29) is 0 Å². The number of hydrogen-bond donors (Lipinski definition) is 2. The summed E-state index contributed by atoms with van der Waals surface area (Å²) in [6, 6.07) is 1.98. The van der Waals surface area contributed by atoms with Gasteiger partial charge in [-0.15, -0.1) is 11.3 Å². The smallest absolute Gasteiger partial charge is 0.0909 e. The molecule has 1 unspecified atom stereocenters. The molecular formula is C11H15BrO2S. The van der Waals surface area contributed by atoms with Crippen molar-refractivity contribution in [3.8, 4) is 0 Å². The molecule has 1 atom stereocenters. The Bertz CT molecular complexity index is 331. The van der Waals surface area contributed by atoms with Crippen LogP contribution in [0.5, 0.6) is 0 Å². The summed E-state index contributed by atoms with van der Waals surface area (Å²) in [5, 5.41) is 22.2. The normalized spacial score (nSPS) is 21.8. The number of hydrogen-bond acceptors (Lipinski definition) is 3. The zero-order chi connectivity index (χ0) is 10.9. The van der Waals surface area contributed by atoms with Gasteiger partial charge in [-0.1, -0.05) is 12.8 Å². The topological polar surface area (TPSA) is 40.5 Å². The molecule has 1 heterocycles. The maximum Gasteiger partial charge on any atom is 0.0909 e. The van der Waals surface area contributed by atoms with Crippen LogP contribution in [0.3, 0.4) is 0 Å². The van der Waals surface area contributed by atoms with Gasteiger partial charge in [-0.2, -0.15) is 0 Å². The van der Waals surface area contributed by atoms with E-state index in [4.69, 9.17) is 0 Å². The molecule has 0 spiro atoms. The lowest BCUT2D eigenvalue weighted by Crippen LogP contribution is -2.40. The van der Waals surface area contributed by atoms with Crippen molar-refractivity contribution in [2.24, 2.45) is 0 Å². The fourth-order valence-electron chi connectivity index (χ4n) is 2.16. The summed E-state index contributed by atoms with van der Waals surface area (Å²) in [7, 11) is 0. The molecule has 0 aliphatic heterocycles. The zero-order valence-corrected chi connectivity index (χ0v) is 10.9. The van der Waals surface area contributed by atoms with E-state index >= 15 is 0 Å². The number of aliphatic hydroxyl groups excluding tert-OH is 1. The second-order valence-corrected chi connectivity index (χ2v) is 6.08. The van der Waals surface area contributed by atoms with Gasteiger partial charge in [0.15, 0.2) is 0 Å². The Morgan fingerprint density at radius 3 is 2.67 bits per heavy atom. The first-order valence-electron chi connectivity index (χ1n) is 5.24. The van der Waals surface area contributed by atoms with Crippen LogP contribution in [0.15, 0.2) is 15.9 Å². The summed E-state index contributed by atoms with van der Waals surface area (Å²) >= 11 is 5.06. The Hall–Kier alpha value is 0.1000. The van der Waals surface area contributed by atoms with Crippen molar-refractivity contribution < 1.29 is 10.2 Å². The summed E-state index contributed by atoms with van der Waals surface area (Å²) < 4.78 is 1.04. The molecule has 0 bridgehead atoms. The first-order valence-corrected chi connectivity index (χ1v) is 6.91. The zero-order valence-electron chi connectivity index (χ0n) is 8.45. The Kier molecular flexibility index (Phi) is 3.50. The maximum absolute atomic E-state index is 10.2. The second kappa shape index (κ2) is 4.53. The van der Waals surface area contributed by atoms with E-state index in [1.807, 2.05) is 11.4 Å². The number of halogens is 1. The average molecular weight is 291 g/mol. The van der Waals surface area contributed by atoms with Gasteiger partial charge in [-0.05, 0) is 40.2 Å². The second-order valence-electron chi connectivity index (χ2n) is 4.22. The van der Waals surface area contributed by atoms with Gasteiger partial charge in [-0.25, -0.2) is 0 Å². The first kappa shape index (κ1) is 11.6. The first-order chi connectivity index (χ1) is 7.12. The molecular weight excluding hydrogens is 276 g/mol. The molecule has 1 aliphatic rings. The van der Waals surface area contributed by atoms with Crippen molar-refractivity contribution in [1.29, 1.82) is 0 Å². The van der Waals surface area contributed by atoms with Crippen LogP contribution < -0.4 is 0 Å². The summed E-state index contributed by atoms with van der Waals surface area (Å²) in [6.07, 6.45) is 3.44. The molecule has 0 aromatic carbocycles. The molecule has 0 saturated heterocycles. The standard InChI is InChI=1S/C11H15BrO2S/c12-8-3-6-15-9(8)7-10(13)11(14)4-1-2-5-11/h3,6,10,13-14H,1-2,4-5,7H2. The third-order valence-electron chi connectivity index (χ3n) is 3.16. The lowest BCUT2D eigenvalue weighted by Gasteiger charge is -2.28. The van der Waals surface area contributed by atoms with Crippen molar-refractivity contribution in [2.45, 2.75) is 43.8 Å². The van der Waals surface area contributed by atoms with Crippen LogP contribution >= 0.6 is 27.3 Å². The molecule has 2 rings (SSSR count). The van der Waals surface area contributed by atoms with Crippen LogP contribution in [0.2, 0.25) is 0 Å². The van der Waals surface area contributed by atoms with Crippen LogP contribution in [-0.2, 0) is 6.42 Å². The molecule has 15 heavy (non-hydrogen) atoms. The minimum atomic E-state index is -0.844. The third kappa shape index (κ3) is 2.44. The van der Waals surface area contributed by atoms with Gasteiger partial charge in [0.05, 0.1) is 11.7 Å². The molecule has 1 aromatic heterocycles. The van der Waals surface area contributed by atoms with Gasteiger partial charge in [-0.3, -0.25) is 0 Å². The highest BCUT2D eigenvalue weighted by Gasteiger charge is 2.38. The molecule has 2 N–H and O–H groups in total. The van der Waals surface area contributed by atoms with Crippen molar-refractivity contribution in [1.82, 2.24) is 0 Å². The molecule has 1 aliphatic carbocycles. The molecule has 1 fully saturated rings. The number of thiophene rings is 1. The van der Waals surface area contributed by atoms with Gasteiger partial charge in [0.25, 0.3) is 0 Å². The van der Waals surface area contributed by atoms with E-state index in [1.54, 1.807) is 11.3 Å². The fourth-order valence-corrected chi connectivity index (χ4v) is 3.71. The highest BCUT2D eigenvalue weighted by atomic mass is 79.9. The average Bonchev–Trinajstić information content (AvgIpc) is 2.78. The van der Waals surface area contributed by atoms with E-state index in [0.29, 0.717) is 6.42 Å². The minimum absolute atomic E-state index is 0.550. The van der Waals surface area contributed by atoms with E-state index in [2.05, 4.69) is 15.9 Å². The molecule has 1 saturated carbocycles.